The van der Waals surface area contributed by atoms with Crippen LogP contribution < -0.4 is 5.32 Å². The van der Waals surface area contributed by atoms with Crippen LogP contribution in [0.3, 0.4) is 0 Å². The summed E-state index contributed by atoms with van der Waals surface area (Å²) in [5.41, 5.74) is 4.14. The minimum Gasteiger partial charge on any atom is -0.444 e. The Morgan fingerprint density at radius 2 is 1.45 bits per heavy atom. The molecular formula is C30H30N4O4. The summed E-state index contributed by atoms with van der Waals surface area (Å²) in [6, 6.07) is 16.0. The van der Waals surface area contributed by atoms with Gasteiger partial charge in [0.25, 0.3) is 11.8 Å². The molecule has 3 amide bonds. The lowest BCUT2D eigenvalue weighted by Crippen LogP contribution is -2.35. The molecule has 0 saturated carbocycles. The molecule has 1 N–H and O–H groups in total. The van der Waals surface area contributed by atoms with Gasteiger partial charge in [-0.1, -0.05) is 36.4 Å². The number of aryl methyl sites for hydroxylation is 2. The second kappa shape index (κ2) is 8.34. The Morgan fingerprint density at radius 1 is 0.895 bits per heavy atom. The number of fused-ring (bicyclic) bond motifs is 10. The number of hydrogen-bond acceptors (Lipinski definition) is 4. The van der Waals surface area contributed by atoms with E-state index in [2.05, 4.69) is 14.5 Å². The van der Waals surface area contributed by atoms with E-state index in [4.69, 9.17) is 4.74 Å². The SMILES string of the molecule is CN(CCCn1c2ccccc2c2c3c(c4c5ccccc5n(C)c4c21)C(=O)NC3=O)C(=O)OC(C)(C)C. The van der Waals surface area contributed by atoms with Crippen molar-refractivity contribution in [1.29, 1.82) is 0 Å². The molecule has 5 aromatic rings. The van der Waals surface area contributed by atoms with Crippen molar-refractivity contribution >= 4 is 61.5 Å². The Labute approximate surface area is 219 Å². The van der Waals surface area contributed by atoms with Crippen LogP contribution in [0.1, 0.15) is 47.9 Å². The van der Waals surface area contributed by atoms with Gasteiger partial charge in [-0.25, -0.2) is 4.79 Å². The number of para-hydroxylation sites is 2. The van der Waals surface area contributed by atoms with E-state index in [-0.39, 0.29) is 17.9 Å². The first-order valence-electron chi connectivity index (χ1n) is 12.8. The van der Waals surface area contributed by atoms with Crippen molar-refractivity contribution in [2.24, 2.45) is 7.05 Å². The molecule has 2 aromatic heterocycles. The summed E-state index contributed by atoms with van der Waals surface area (Å²) in [5.74, 6) is -0.721. The zero-order valence-electron chi connectivity index (χ0n) is 22.2. The van der Waals surface area contributed by atoms with Crippen LogP contribution in [0.2, 0.25) is 0 Å². The maximum atomic E-state index is 13.2. The number of aromatic nitrogens is 2. The molecular weight excluding hydrogens is 480 g/mol. The number of carbonyl (C=O) groups is 3. The largest absolute Gasteiger partial charge is 0.444 e. The summed E-state index contributed by atoms with van der Waals surface area (Å²) < 4.78 is 9.85. The first-order valence-corrected chi connectivity index (χ1v) is 12.8. The number of rotatable bonds is 4. The average molecular weight is 511 g/mol. The normalized spacial score (nSPS) is 13.6. The molecule has 0 aliphatic carbocycles. The van der Waals surface area contributed by atoms with Gasteiger partial charge in [-0.2, -0.15) is 0 Å². The van der Waals surface area contributed by atoms with Crippen molar-refractivity contribution in [1.82, 2.24) is 19.4 Å². The first-order chi connectivity index (χ1) is 18.1. The van der Waals surface area contributed by atoms with Gasteiger partial charge in [0.05, 0.1) is 22.2 Å². The maximum Gasteiger partial charge on any atom is 0.410 e. The molecule has 0 saturated heterocycles. The van der Waals surface area contributed by atoms with Crippen molar-refractivity contribution in [3.8, 4) is 0 Å². The summed E-state index contributed by atoms with van der Waals surface area (Å²) >= 11 is 0. The average Bonchev–Trinajstić information content (AvgIpc) is 3.45. The molecule has 8 nitrogen and oxygen atoms in total. The van der Waals surface area contributed by atoms with E-state index < -0.39 is 5.60 Å². The number of hydrogen-bond donors (Lipinski definition) is 1. The molecule has 3 heterocycles. The van der Waals surface area contributed by atoms with Crippen LogP contribution in [0.15, 0.2) is 48.5 Å². The quantitative estimate of drug-likeness (QED) is 0.320. The van der Waals surface area contributed by atoms with E-state index in [1.165, 1.54) is 0 Å². The minimum absolute atomic E-state index is 0.357. The van der Waals surface area contributed by atoms with Crippen molar-refractivity contribution < 1.29 is 19.1 Å². The van der Waals surface area contributed by atoms with Crippen molar-refractivity contribution in [3.63, 3.8) is 0 Å². The molecule has 38 heavy (non-hydrogen) atoms. The van der Waals surface area contributed by atoms with Gasteiger partial charge in [-0.15, -0.1) is 0 Å². The topological polar surface area (TPSA) is 85.6 Å². The predicted molar refractivity (Wildman–Crippen MR) is 149 cm³/mol. The maximum absolute atomic E-state index is 13.2. The molecule has 0 radical (unpaired) electrons. The van der Waals surface area contributed by atoms with Gasteiger partial charge in [0, 0.05) is 59.8 Å². The van der Waals surface area contributed by atoms with Crippen LogP contribution in [-0.2, 0) is 18.3 Å². The van der Waals surface area contributed by atoms with Crippen LogP contribution >= 0.6 is 0 Å². The Morgan fingerprint density at radius 3 is 2.08 bits per heavy atom. The van der Waals surface area contributed by atoms with Crippen LogP contribution in [0, 0.1) is 0 Å². The number of imide groups is 1. The Kier molecular flexibility index (Phi) is 5.28. The van der Waals surface area contributed by atoms with E-state index in [0.717, 1.165) is 43.6 Å². The highest BCUT2D eigenvalue weighted by Crippen LogP contribution is 2.44. The number of ether oxygens (including phenoxy) is 1. The highest BCUT2D eigenvalue weighted by atomic mass is 16.6. The first kappa shape index (κ1) is 24.0. The van der Waals surface area contributed by atoms with Gasteiger partial charge in [0.15, 0.2) is 0 Å². The lowest BCUT2D eigenvalue weighted by molar-refractivity contribution is 0.0295. The van der Waals surface area contributed by atoms with E-state index in [1.807, 2.05) is 76.3 Å². The van der Waals surface area contributed by atoms with Crippen molar-refractivity contribution in [2.75, 3.05) is 13.6 Å². The smallest absolute Gasteiger partial charge is 0.410 e. The summed E-state index contributed by atoms with van der Waals surface area (Å²) in [4.78, 5) is 40.5. The molecule has 0 unspecified atom stereocenters. The van der Waals surface area contributed by atoms with Crippen LogP contribution in [0.5, 0.6) is 0 Å². The fraction of sp³-hybridized carbons (Fsp3) is 0.300. The zero-order chi connectivity index (χ0) is 26.9. The molecule has 0 fully saturated rings. The Hall–Kier alpha value is -4.33. The lowest BCUT2D eigenvalue weighted by atomic mass is 9.96. The van der Waals surface area contributed by atoms with Gasteiger partial charge in [-0.05, 0) is 39.3 Å². The fourth-order valence-corrected chi connectivity index (χ4v) is 5.79. The second-order valence-electron chi connectivity index (χ2n) is 11.0. The van der Waals surface area contributed by atoms with Gasteiger partial charge in [0.1, 0.15) is 5.60 Å². The predicted octanol–water partition coefficient (Wildman–Crippen LogP) is 5.58. The van der Waals surface area contributed by atoms with Crippen molar-refractivity contribution in [2.45, 2.75) is 39.3 Å². The summed E-state index contributed by atoms with van der Waals surface area (Å²) in [7, 11) is 3.74. The van der Waals surface area contributed by atoms with E-state index in [0.29, 0.717) is 30.6 Å². The molecule has 1 aliphatic heterocycles. The fourth-order valence-electron chi connectivity index (χ4n) is 5.79. The zero-order valence-corrected chi connectivity index (χ0v) is 22.2. The minimum atomic E-state index is -0.559. The van der Waals surface area contributed by atoms with Crippen molar-refractivity contribution in [3.05, 3.63) is 59.7 Å². The summed E-state index contributed by atoms with van der Waals surface area (Å²) in [6.07, 6.45) is 0.320. The number of benzene rings is 3. The standard InChI is InChI=1S/C30H30N4O4/c1-30(2,3)38-29(37)32(4)15-10-16-34-20-14-9-7-12-18(20)22-24-23(27(35)31-28(24)36)21-17-11-6-8-13-19(17)33(5)25(21)26(22)34/h6-9,11-14H,10,15-16H2,1-5H3,(H,31,35,36). The highest BCUT2D eigenvalue weighted by molar-refractivity contribution is 6.39. The number of amides is 3. The third kappa shape index (κ3) is 3.47. The van der Waals surface area contributed by atoms with Gasteiger partial charge < -0.3 is 18.8 Å². The molecule has 0 bridgehead atoms. The van der Waals surface area contributed by atoms with E-state index in [9.17, 15) is 14.4 Å². The third-order valence-corrected chi connectivity index (χ3v) is 7.31. The highest BCUT2D eigenvalue weighted by Gasteiger charge is 2.36. The molecule has 0 atom stereocenters. The van der Waals surface area contributed by atoms with E-state index >= 15 is 0 Å². The van der Waals surface area contributed by atoms with Crippen LogP contribution in [0.25, 0.3) is 43.6 Å². The number of nitrogens with one attached hydrogen (secondary N) is 1. The Bertz CT molecular complexity index is 1820. The molecule has 8 heteroatoms. The third-order valence-electron chi connectivity index (χ3n) is 7.31. The summed E-state index contributed by atoms with van der Waals surface area (Å²) in [5, 5.41) is 6.00. The summed E-state index contributed by atoms with van der Waals surface area (Å²) in [6.45, 7) is 6.68. The molecule has 6 rings (SSSR count). The van der Waals surface area contributed by atoms with Gasteiger partial charge in [0.2, 0.25) is 0 Å². The Balaban J connectivity index is 1.58. The molecule has 194 valence electrons. The number of nitrogens with zero attached hydrogens (tertiary/aromatic N) is 3. The van der Waals surface area contributed by atoms with Gasteiger partial charge >= 0.3 is 6.09 Å². The second-order valence-corrected chi connectivity index (χ2v) is 11.0. The lowest BCUT2D eigenvalue weighted by Gasteiger charge is -2.24. The van der Waals surface area contributed by atoms with E-state index in [1.54, 1.807) is 11.9 Å². The molecule has 0 spiro atoms. The van der Waals surface area contributed by atoms with Gasteiger partial charge in [-0.3, -0.25) is 14.9 Å². The molecule has 3 aromatic carbocycles. The number of carbonyl (C=O) groups excluding carboxylic acids is 3. The van der Waals surface area contributed by atoms with Crippen LogP contribution in [-0.4, -0.2) is 51.1 Å². The molecule has 1 aliphatic rings. The monoisotopic (exact) mass is 510 g/mol. The van der Waals surface area contributed by atoms with Crippen LogP contribution in [0.4, 0.5) is 4.79 Å².